The van der Waals surface area contributed by atoms with Crippen LogP contribution in [0.4, 0.5) is 0 Å². The van der Waals surface area contributed by atoms with Crippen LogP contribution in [0.5, 0.6) is 0 Å². The molecule has 0 unspecified atom stereocenters. The molecule has 1 atom stereocenters. The minimum atomic E-state index is -0.407. The largest absolute Gasteiger partial charge is 0.379 e. The van der Waals surface area contributed by atoms with Crippen molar-refractivity contribution in [2.45, 2.75) is 32.4 Å². The molecule has 2 heterocycles. The van der Waals surface area contributed by atoms with E-state index in [2.05, 4.69) is 10.2 Å². The van der Waals surface area contributed by atoms with Crippen molar-refractivity contribution in [2.75, 3.05) is 39.4 Å². The zero-order valence-corrected chi connectivity index (χ0v) is 14.9. The topological polar surface area (TPSA) is 61.9 Å². The molecule has 3 rings (SSSR count). The zero-order chi connectivity index (χ0) is 17.6. The summed E-state index contributed by atoms with van der Waals surface area (Å²) in [4.78, 5) is 28.7. The zero-order valence-electron chi connectivity index (χ0n) is 14.9. The molecule has 1 aromatic carbocycles. The molecule has 1 fully saturated rings. The number of amides is 2. The highest BCUT2D eigenvalue weighted by atomic mass is 16.5. The predicted octanol–water partition coefficient (Wildman–Crippen LogP) is 0.798. The molecule has 6 heteroatoms. The fraction of sp³-hybridized carbons (Fsp3) is 0.579. The number of carbonyl (C=O) groups excluding carboxylic acids is 2. The number of ether oxygens (including phenoxy) is 1. The molecule has 0 aliphatic carbocycles. The van der Waals surface area contributed by atoms with Crippen LogP contribution in [0, 0.1) is 0 Å². The maximum Gasteiger partial charge on any atom is 0.243 e. The van der Waals surface area contributed by atoms with Gasteiger partial charge in [-0.05, 0) is 24.1 Å². The Bertz CT molecular complexity index is 614. The highest BCUT2D eigenvalue weighted by molar-refractivity contribution is 5.87. The fourth-order valence-electron chi connectivity index (χ4n) is 3.54. The van der Waals surface area contributed by atoms with Crippen LogP contribution in [0.1, 0.15) is 24.5 Å². The molecule has 6 nitrogen and oxygen atoms in total. The third kappa shape index (κ3) is 4.58. The first-order valence-corrected chi connectivity index (χ1v) is 9.07. The Morgan fingerprint density at radius 3 is 2.64 bits per heavy atom. The lowest BCUT2D eigenvalue weighted by Gasteiger charge is -2.35. The summed E-state index contributed by atoms with van der Waals surface area (Å²) in [6, 6.07) is 7.63. The normalized spacial score (nSPS) is 20.8. The van der Waals surface area contributed by atoms with Crippen molar-refractivity contribution in [3.8, 4) is 0 Å². The summed E-state index contributed by atoms with van der Waals surface area (Å²) in [5.74, 6) is -0.102. The predicted molar refractivity (Wildman–Crippen MR) is 95.0 cm³/mol. The van der Waals surface area contributed by atoms with Gasteiger partial charge in [0.25, 0.3) is 0 Å². The Labute approximate surface area is 149 Å². The van der Waals surface area contributed by atoms with E-state index in [1.807, 2.05) is 24.3 Å². The van der Waals surface area contributed by atoms with Gasteiger partial charge in [0.1, 0.15) is 6.04 Å². The summed E-state index contributed by atoms with van der Waals surface area (Å²) in [7, 11) is 0. The first-order chi connectivity index (χ1) is 12.1. The van der Waals surface area contributed by atoms with Crippen molar-refractivity contribution in [1.29, 1.82) is 0 Å². The van der Waals surface area contributed by atoms with Crippen molar-refractivity contribution < 1.29 is 14.3 Å². The van der Waals surface area contributed by atoms with Gasteiger partial charge >= 0.3 is 0 Å². The second-order valence-electron chi connectivity index (χ2n) is 6.73. The van der Waals surface area contributed by atoms with Crippen LogP contribution in [0.25, 0.3) is 0 Å². The molecule has 0 spiro atoms. The average Bonchev–Trinajstić information content (AvgIpc) is 2.64. The van der Waals surface area contributed by atoms with Gasteiger partial charge in [-0.2, -0.15) is 0 Å². The van der Waals surface area contributed by atoms with Gasteiger partial charge in [0.2, 0.25) is 11.8 Å². The summed E-state index contributed by atoms with van der Waals surface area (Å²) in [6.07, 6.45) is 1.50. The number of fused-ring (bicyclic) bond motifs is 1. The molecule has 0 radical (unpaired) electrons. The van der Waals surface area contributed by atoms with Gasteiger partial charge in [-0.25, -0.2) is 0 Å². The molecule has 2 aliphatic heterocycles. The third-order valence-corrected chi connectivity index (χ3v) is 5.01. The maximum absolute atomic E-state index is 12.6. The van der Waals surface area contributed by atoms with Crippen molar-refractivity contribution in [3.63, 3.8) is 0 Å². The first-order valence-electron chi connectivity index (χ1n) is 9.07. The Kier molecular flexibility index (Phi) is 6.04. The second-order valence-corrected chi connectivity index (χ2v) is 6.73. The number of hydrogen-bond acceptors (Lipinski definition) is 4. The van der Waals surface area contributed by atoms with Gasteiger partial charge in [0.05, 0.1) is 13.2 Å². The van der Waals surface area contributed by atoms with E-state index in [9.17, 15) is 9.59 Å². The number of morpholine rings is 1. The molecule has 0 bridgehead atoms. The van der Waals surface area contributed by atoms with E-state index in [-0.39, 0.29) is 11.8 Å². The Hall–Kier alpha value is -1.92. The minimum Gasteiger partial charge on any atom is -0.379 e. The van der Waals surface area contributed by atoms with Crippen molar-refractivity contribution in [1.82, 2.24) is 15.1 Å². The summed E-state index contributed by atoms with van der Waals surface area (Å²) in [6.45, 7) is 7.16. The average molecular weight is 345 g/mol. The quantitative estimate of drug-likeness (QED) is 0.802. The van der Waals surface area contributed by atoms with Gasteiger partial charge < -0.3 is 15.0 Å². The second kappa shape index (κ2) is 8.45. The molecule has 1 N–H and O–H groups in total. The lowest BCUT2D eigenvalue weighted by Crippen LogP contribution is -2.52. The Balaban J connectivity index is 1.52. The van der Waals surface area contributed by atoms with E-state index < -0.39 is 6.04 Å². The highest BCUT2D eigenvalue weighted by Crippen LogP contribution is 2.23. The van der Waals surface area contributed by atoms with Crippen LogP contribution in [-0.4, -0.2) is 67.0 Å². The smallest absolute Gasteiger partial charge is 0.243 e. The van der Waals surface area contributed by atoms with Crippen LogP contribution in [0.2, 0.25) is 0 Å². The van der Waals surface area contributed by atoms with Gasteiger partial charge in [-0.3, -0.25) is 14.5 Å². The number of hydrogen-bond donors (Lipinski definition) is 1. The van der Waals surface area contributed by atoms with Crippen LogP contribution < -0.4 is 5.32 Å². The molecular formula is C19H27N3O3. The van der Waals surface area contributed by atoms with Crippen LogP contribution in [-0.2, 0) is 27.3 Å². The van der Waals surface area contributed by atoms with Crippen molar-refractivity contribution in [2.24, 2.45) is 0 Å². The van der Waals surface area contributed by atoms with E-state index in [1.165, 1.54) is 6.92 Å². The molecule has 1 saturated heterocycles. The molecule has 25 heavy (non-hydrogen) atoms. The van der Waals surface area contributed by atoms with E-state index in [0.717, 1.165) is 50.4 Å². The minimum absolute atomic E-state index is 0.0494. The maximum atomic E-state index is 12.6. The number of rotatable bonds is 5. The number of nitrogens with zero attached hydrogens (tertiary/aromatic N) is 2. The number of nitrogens with one attached hydrogen (secondary N) is 1. The number of benzene rings is 1. The summed E-state index contributed by atoms with van der Waals surface area (Å²) < 4.78 is 5.34. The third-order valence-electron chi connectivity index (χ3n) is 5.01. The monoisotopic (exact) mass is 345 g/mol. The molecular weight excluding hydrogens is 318 g/mol. The van der Waals surface area contributed by atoms with E-state index >= 15 is 0 Å². The molecule has 2 amide bonds. The van der Waals surface area contributed by atoms with Gasteiger partial charge in [0, 0.05) is 39.5 Å². The Morgan fingerprint density at radius 1 is 1.20 bits per heavy atom. The molecule has 136 valence electrons. The van der Waals surface area contributed by atoms with Crippen molar-refractivity contribution in [3.05, 3.63) is 35.4 Å². The van der Waals surface area contributed by atoms with Crippen LogP contribution in [0.3, 0.4) is 0 Å². The molecule has 2 aliphatic rings. The SMILES string of the molecule is CC(=O)N1Cc2ccccc2C[C@H]1C(=O)NCCCN1CCOCC1. The summed E-state index contributed by atoms with van der Waals surface area (Å²) in [5, 5.41) is 3.02. The first kappa shape index (κ1) is 17.9. The standard InChI is InChI=1S/C19H27N3O3/c1-15(23)22-14-17-6-3-2-5-16(17)13-18(22)19(24)20-7-4-8-21-9-11-25-12-10-21/h2-3,5-6,18H,4,7-14H2,1H3,(H,20,24)/t18-/m0/s1. The Morgan fingerprint density at radius 2 is 1.92 bits per heavy atom. The fourth-order valence-corrected chi connectivity index (χ4v) is 3.54. The molecule has 0 aromatic heterocycles. The lowest BCUT2D eigenvalue weighted by molar-refractivity contribution is -0.140. The number of carbonyl (C=O) groups is 2. The molecule has 0 saturated carbocycles. The van der Waals surface area contributed by atoms with Crippen LogP contribution in [0.15, 0.2) is 24.3 Å². The van der Waals surface area contributed by atoms with E-state index in [1.54, 1.807) is 4.90 Å². The van der Waals surface area contributed by atoms with E-state index in [4.69, 9.17) is 4.74 Å². The van der Waals surface area contributed by atoms with Crippen molar-refractivity contribution >= 4 is 11.8 Å². The highest BCUT2D eigenvalue weighted by Gasteiger charge is 2.32. The van der Waals surface area contributed by atoms with Gasteiger partial charge in [-0.15, -0.1) is 0 Å². The van der Waals surface area contributed by atoms with E-state index in [0.29, 0.717) is 19.5 Å². The summed E-state index contributed by atoms with van der Waals surface area (Å²) in [5.41, 5.74) is 2.29. The lowest BCUT2D eigenvalue weighted by atomic mass is 9.93. The van der Waals surface area contributed by atoms with Gasteiger partial charge in [0.15, 0.2) is 0 Å². The van der Waals surface area contributed by atoms with Crippen LogP contribution >= 0.6 is 0 Å². The molecule has 1 aromatic rings. The van der Waals surface area contributed by atoms with Gasteiger partial charge in [-0.1, -0.05) is 24.3 Å². The summed E-state index contributed by atoms with van der Waals surface area (Å²) >= 11 is 0.